The number of aliphatic hydroxyl groups excluding tert-OH is 1. The van der Waals surface area contributed by atoms with Gasteiger partial charge in [-0.3, -0.25) is 0 Å². The molecule has 0 radical (unpaired) electrons. The van der Waals surface area contributed by atoms with E-state index < -0.39 is 23.8 Å². The highest BCUT2D eigenvalue weighted by Gasteiger charge is 2.13. The van der Waals surface area contributed by atoms with Crippen LogP contribution in [0.5, 0.6) is 0 Å². The number of rotatable bonds is 4. The second-order valence-corrected chi connectivity index (χ2v) is 5.27. The van der Waals surface area contributed by atoms with Crippen LogP contribution in [-0.4, -0.2) is 22.7 Å². The highest BCUT2D eigenvalue weighted by Crippen LogP contribution is 2.22. The molecule has 0 saturated carbocycles. The summed E-state index contributed by atoms with van der Waals surface area (Å²) in [5.74, 6) is -2.04. The molecular formula is C17H15F2N3O2. The third-order valence-electron chi connectivity index (χ3n) is 3.63. The summed E-state index contributed by atoms with van der Waals surface area (Å²) in [7, 11) is 0. The molecule has 24 heavy (non-hydrogen) atoms. The lowest BCUT2D eigenvalue weighted by Crippen LogP contribution is -2.32. The van der Waals surface area contributed by atoms with Gasteiger partial charge in [-0.1, -0.05) is 12.1 Å². The van der Waals surface area contributed by atoms with E-state index in [2.05, 4.69) is 15.6 Å². The Balaban J connectivity index is 1.61. The summed E-state index contributed by atoms with van der Waals surface area (Å²) >= 11 is 0. The highest BCUT2D eigenvalue weighted by molar-refractivity contribution is 6.00. The summed E-state index contributed by atoms with van der Waals surface area (Å²) in [6.07, 6.45) is 0.620. The molecule has 0 bridgehead atoms. The van der Waals surface area contributed by atoms with Crippen molar-refractivity contribution in [2.75, 3.05) is 11.9 Å². The lowest BCUT2D eigenvalue weighted by molar-refractivity contribution is 0.174. The zero-order valence-corrected chi connectivity index (χ0v) is 12.5. The number of benzene rings is 2. The van der Waals surface area contributed by atoms with Crippen LogP contribution in [0.25, 0.3) is 10.9 Å². The van der Waals surface area contributed by atoms with Crippen LogP contribution in [0.4, 0.5) is 19.3 Å². The maximum atomic E-state index is 13.2. The molecule has 7 heteroatoms. The average Bonchev–Trinajstić information content (AvgIpc) is 3.05. The topological polar surface area (TPSA) is 77.2 Å². The fourth-order valence-electron chi connectivity index (χ4n) is 2.39. The van der Waals surface area contributed by atoms with Crippen LogP contribution in [-0.2, 0) is 0 Å². The zero-order valence-electron chi connectivity index (χ0n) is 12.5. The number of urea groups is 1. The van der Waals surface area contributed by atoms with E-state index in [0.29, 0.717) is 5.69 Å². The molecule has 0 spiro atoms. The van der Waals surface area contributed by atoms with Crippen molar-refractivity contribution in [1.82, 2.24) is 10.3 Å². The van der Waals surface area contributed by atoms with E-state index in [1.807, 2.05) is 12.1 Å². The van der Waals surface area contributed by atoms with Crippen LogP contribution in [0.2, 0.25) is 0 Å². The first-order valence-electron chi connectivity index (χ1n) is 7.28. The first-order valence-corrected chi connectivity index (χ1v) is 7.28. The molecule has 2 amide bonds. The van der Waals surface area contributed by atoms with Crippen LogP contribution in [0.3, 0.4) is 0 Å². The maximum Gasteiger partial charge on any atom is 0.319 e. The predicted molar refractivity (Wildman–Crippen MR) is 86.6 cm³/mol. The minimum Gasteiger partial charge on any atom is -0.387 e. The van der Waals surface area contributed by atoms with E-state index in [0.717, 1.165) is 23.0 Å². The minimum absolute atomic E-state index is 0.139. The van der Waals surface area contributed by atoms with Crippen molar-refractivity contribution in [1.29, 1.82) is 0 Å². The molecule has 0 aliphatic carbocycles. The van der Waals surface area contributed by atoms with E-state index >= 15 is 0 Å². The lowest BCUT2D eigenvalue weighted by atomic mass is 10.1. The van der Waals surface area contributed by atoms with Gasteiger partial charge in [0, 0.05) is 23.6 Å². The van der Waals surface area contributed by atoms with Gasteiger partial charge in [0.1, 0.15) is 0 Å². The number of amides is 2. The van der Waals surface area contributed by atoms with Crippen molar-refractivity contribution in [2.45, 2.75) is 6.10 Å². The van der Waals surface area contributed by atoms with E-state index in [9.17, 15) is 18.7 Å². The molecule has 4 N–H and O–H groups in total. The van der Waals surface area contributed by atoms with Crippen molar-refractivity contribution in [3.63, 3.8) is 0 Å². The van der Waals surface area contributed by atoms with Crippen LogP contribution in [0.1, 0.15) is 11.7 Å². The Bertz CT molecular complexity index is 879. The van der Waals surface area contributed by atoms with Crippen molar-refractivity contribution in [3.05, 3.63) is 65.9 Å². The number of anilines is 1. The van der Waals surface area contributed by atoms with Gasteiger partial charge < -0.3 is 20.7 Å². The molecule has 1 aromatic heterocycles. The second kappa shape index (κ2) is 6.67. The molecule has 124 valence electrons. The van der Waals surface area contributed by atoms with Gasteiger partial charge >= 0.3 is 6.03 Å². The Hall–Kier alpha value is -2.93. The number of fused-ring (bicyclic) bond motifs is 1. The fourth-order valence-corrected chi connectivity index (χ4v) is 2.39. The molecule has 1 atom stereocenters. The summed E-state index contributed by atoms with van der Waals surface area (Å²) in [6.45, 7) is -0.139. The number of halogens is 2. The highest BCUT2D eigenvalue weighted by atomic mass is 19.2. The van der Waals surface area contributed by atoms with Crippen molar-refractivity contribution >= 4 is 22.6 Å². The maximum absolute atomic E-state index is 13.2. The summed E-state index contributed by atoms with van der Waals surface area (Å²) in [6, 6.07) is 9.85. The van der Waals surface area contributed by atoms with Crippen molar-refractivity contribution < 1.29 is 18.7 Å². The fraction of sp³-hybridized carbons (Fsp3) is 0.118. The Labute approximate surface area is 136 Å². The summed E-state index contributed by atoms with van der Waals surface area (Å²) < 4.78 is 26.0. The summed E-state index contributed by atoms with van der Waals surface area (Å²) in [5.41, 5.74) is 1.69. The number of nitrogens with one attached hydrogen (secondary N) is 3. The van der Waals surface area contributed by atoms with Gasteiger partial charge in [0.2, 0.25) is 0 Å². The number of hydrogen-bond acceptors (Lipinski definition) is 2. The smallest absolute Gasteiger partial charge is 0.319 e. The SMILES string of the molecule is O=C(NC[C@H](O)c1ccc(F)c(F)c1)Nc1cccc2[nH]ccc12. The molecule has 3 rings (SSSR count). The Morgan fingerprint density at radius 3 is 2.79 bits per heavy atom. The van der Waals surface area contributed by atoms with Gasteiger partial charge in [0.05, 0.1) is 11.8 Å². The number of aliphatic hydroxyl groups is 1. The predicted octanol–water partition coefficient (Wildman–Crippen LogP) is 3.30. The van der Waals surface area contributed by atoms with E-state index in [4.69, 9.17) is 0 Å². The number of H-pyrrole nitrogens is 1. The molecule has 2 aromatic carbocycles. The number of carbonyl (C=O) groups is 1. The molecule has 0 unspecified atom stereocenters. The number of aromatic nitrogens is 1. The van der Waals surface area contributed by atoms with Crippen LogP contribution in [0.15, 0.2) is 48.7 Å². The van der Waals surface area contributed by atoms with Crippen LogP contribution >= 0.6 is 0 Å². The van der Waals surface area contributed by atoms with Gasteiger partial charge in [-0.2, -0.15) is 0 Å². The van der Waals surface area contributed by atoms with Gasteiger partial charge in [-0.15, -0.1) is 0 Å². The molecule has 0 fully saturated rings. The van der Waals surface area contributed by atoms with Crippen molar-refractivity contribution in [2.24, 2.45) is 0 Å². The van der Waals surface area contributed by atoms with Crippen LogP contribution in [0, 0.1) is 11.6 Å². The van der Waals surface area contributed by atoms with E-state index in [1.54, 1.807) is 18.3 Å². The second-order valence-electron chi connectivity index (χ2n) is 5.27. The molecule has 5 nitrogen and oxygen atoms in total. The van der Waals surface area contributed by atoms with Gasteiger partial charge in [0.25, 0.3) is 0 Å². The quantitative estimate of drug-likeness (QED) is 0.592. The molecule has 0 saturated heterocycles. The molecule has 3 aromatic rings. The first kappa shape index (κ1) is 15.9. The Kier molecular flexibility index (Phi) is 4.43. The lowest BCUT2D eigenvalue weighted by Gasteiger charge is -2.13. The monoisotopic (exact) mass is 331 g/mol. The Morgan fingerprint density at radius 2 is 2.00 bits per heavy atom. The largest absolute Gasteiger partial charge is 0.387 e. The summed E-state index contributed by atoms with van der Waals surface area (Å²) in [4.78, 5) is 15.0. The summed E-state index contributed by atoms with van der Waals surface area (Å²) in [5, 5.41) is 16.0. The molecule has 0 aliphatic rings. The van der Waals surface area contributed by atoms with Crippen molar-refractivity contribution in [3.8, 4) is 0 Å². The number of hydrogen-bond donors (Lipinski definition) is 4. The van der Waals surface area contributed by atoms with Gasteiger partial charge in [-0.05, 0) is 35.9 Å². The van der Waals surface area contributed by atoms with E-state index in [1.165, 1.54) is 6.07 Å². The first-order chi connectivity index (χ1) is 11.5. The number of carbonyl (C=O) groups excluding carboxylic acids is 1. The van der Waals surface area contributed by atoms with Gasteiger partial charge in [-0.25, -0.2) is 13.6 Å². The number of aromatic amines is 1. The van der Waals surface area contributed by atoms with E-state index in [-0.39, 0.29) is 12.1 Å². The molecule has 0 aliphatic heterocycles. The standard InChI is InChI=1S/C17H15F2N3O2/c18-12-5-4-10(8-13(12)19)16(23)9-21-17(24)22-15-3-1-2-14-11(15)6-7-20-14/h1-8,16,20,23H,9H2,(H2,21,22,24)/t16-/m0/s1. The van der Waals surface area contributed by atoms with Crippen LogP contribution < -0.4 is 10.6 Å². The third-order valence-corrected chi connectivity index (χ3v) is 3.63. The average molecular weight is 331 g/mol. The van der Waals surface area contributed by atoms with Gasteiger partial charge in [0.15, 0.2) is 11.6 Å². The minimum atomic E-state index is -1.14. The normalized spacial score (nSPS) is 12.1. The zero-order chi connectivity index (χ0) is 17.1. The molecular weight excluding hydrogens is 316 g/mol. The third kappa shape index (κ3) is 3.36. The Morgan fingerprint density at radius 1 is 1.17 bits per heavy atom. The molecule has 1 heterocycles.